The number of aromatic carboxylic acids is 2. The Morgan fingerprint density at radius 2 is 1.37 bits per heavy atom. The van der Waals surface area contributed by atoms with E-state index in [0.29, 0.717) is 23.0 Å². The lowest BCUT2D eigenvalue weighted by molar-refractivity contribution is -0.385. The van der Waals surface area contributed by atoms with Crippen molar-refractivity contribution in [3.05, 3.63) is 126 Å². The molecule has 478 valence electrons. The first-order chi connectivity index (χ1) is 40.2. The molecule has 28 nitrogen and oxygen atoms in total. The van der Waals surface area contributed by atoms with Gasteiger partial charge in [0.15, 0.2) is 12.4 Å². The Labute approximate surface area is 503 Å². The molecule has 5 rings (SSSR count). The topological polar surface area (TPSA) is 418 Å². The standard InChI is InChI=1S/C18H13ClF3NO7.C14H10F4N4O7S.C8H6Cl2O3.C3H8NO5P.C3H9S/c1-2-28-16(24)9-29-17(25)12-8-11(4-5-14(12)23(26)27)30-15-6-3-10(7-13(15)19)18(20,21)22;15-11(16)28-8-5-9(29-12(17)18)20-13(19-8)21-14(25)22-30(26,27)7-4-2-1-3-6(7)10(23)24;1-13-7-5(10)3-2-4(9)6(7)8(11)12;5-3(6)1-4-2-10(7,8)9;1-4(2)3/h3-8H,2,9H2,1H3;1-5,11-12H,(H,23,24)(H2,19,20,21,22,25);2-3H,1H3,(H,11,12);4H,1-2H2,(H,5,6)(H2,7,8,9);1-3H3/q;;;;+1/p-1. The van der Waals surface area contributed by atoms with Crippen LogP contribution in [0.2, 0.25) is 15.1 Å². The third-order valence-electron chi connectivity index (χ3n) is 8.52. The SMILES string of the molecule is CCOC(=O)COC(=O)c1cc(Oc2ccc(C(F)(F)F)cc2Cl)ccc1[N+](=O)[O-].COc1c(Cl)ccc(Cl)c1C(=O)O.C[S+](C)C.O=C(Nc1nc(OC(F)F)cc(OC(F)F)n1)NS(=O)(=O)c1ccccc1C(=O)O.O=C(O)CNCP(=O)([O-])O. The predicted octanol–water partition coefficient (Wildman–Crippen LogP) is 8.03. The Morgan fingerprint density at radius 3 is 1.83 bits per heavy atom. The molecule has 0 aliphatic rings. The summed E-state index contributed by atoms with van der Waals surface area (Å²) in [5.74, 6) is -9.06. The highest BCUT2D eigenvalue weighted by molar-refractivity contribution is 7.94. The first-order valence-corrected chi connectivity index (χ1v) is 29.4. The van der Waals surface area contributed by atoms with Gasteiger partial charge in [0.05, 0.1) is 82.5 Å². The maximum Gasteiger partial charge on any atom is 0.416 e. The molecular formula is C46H45Cl3F7N6O22PS2. The van der Waals surface area contributed by atoms with Gasteiger partial charge < -0.3 is 58.1 Å². The number of nitro benzene ring substituents is 1. The van der Waals surface area contributed by atoms with Crippen LogP contribution in [0.25, 0.3) is 0 Å². The number of benzene rings is 4. The Kier molecular flexibility index (Phi) is 32.0. The molecule has 0 saturated carbocycles. The number of nitro groups is 1. The molecule has 5 aromatic rings. The number of urea groups is 1. The molecule has 0 saturated heterocycles. The van der Waals surface area contributed by atoms with Crippen LogP contribution in [0.15, 0.2) is 83.8 Å². The maximum absolute atomic E-state index is 12.7. The minimum Gasteiger partial charge on any atom is -0.778 e. The number of amides is 2. The number of hydrogen-bond donors (Lipinski definition) is 7. The van der Waals surface area contributed by atoms with Gasteiger partial charge in [-0.15, -0.1) is 0 Å². The molecule has 1 aromatic heterocycles. The number of aromatic nitrogens is 2. The van der Waals surface area contributed by atoms with E-state index in [1.807, 2.05) is 5.32 Å². The largest absolute Gasteiger partial charge is 0.778 e. The number of ether oxygens (including phenoxy) is 6. The quantitative estimate of drug-likeness (QED) is 0.00912. The fourth-order valence-electron chi connectivity index (χ4n) is 5.37. The molecule has 0 fully saturated rings. The lowest BCUT2D eigenvalue weighted by Gasteiger charge is -2.14. The highest BCUT2D eigenvalue weighted by Crippen LogP contribution is 2.38. The Hall–Kier alpha value is -8.03. The zero-order valence-corrected chi connectivity index (χ0v) is 49.3. The number of rotatable bonds is 21. The number of hydrogen-bond acceptors (Lipinski definition) is 21. The lowest BCUT2D eigenvalue weighted by Crippen LogP contribution is -2.35. The molecule has 4 aromatic carbocycles. The van der Waals surface area contributed by atoms with Crippen LogP contribution in [0.3, 0.4) is 0 Å². The average molecular weight is 1370 g/mol. The van der Waals surface area contributed by atoms with Gasteiger partial charge in [-0.25, -0.2) is 37.1 Å². The van der Waals surface area contributed by atoms with Crippen molar-refractivity contribution in [1.82, 2.24) is 20.0 Å². The fraction of sp³-hybridized carbons (Fsp3) is 0.261. The molecule has 87 heavy (non-hydrogen) atoms. The second-order valence-electron chi connectivity index (χ2n) is 15.6. The Balaban J connectivity index is 0.000000616. The first-order valence-electron chi connectivity index (χ1n) is 22.5. The number of carboxylic acids is 3. The fourth-order valence-corrected chi connectivity index (χ4v) is 7.56. The van der Waals surface area contributed by atoms with Crippen LogP contribution in [0.4, 0.5) is 47.2 Å². The van der Waals surface area contributed by atoms with Crippen LogP contribution in [-0.4, -0.2) is 145 Å². The Morgan fingerprint density at radius 1 is 0.805 bits per heavy atom. The van der Waals surface area contributed by atoms with Crippen molar-refractivity contribution in [3.63, 3.8) is 0 Å². The summed E-state index contributed by atoms with van der Waals surface area (Å²) >= 11 is 17.2. The number of halogens is 10. The molecule has 0 bridgehead atoms. The monoisotopic (exact) mass is 1370 g/mol. The van der Waals surface area contributed by atoms with Crippen molar-refractivity contribution in [2.75, 3.05) is 57.2 Å². The zero-order chi connectivity index (χ0) is 66.7. The van der Waals surface area contributed by atoms with E-state index in [-0.39, 0.29) is 44.5 Å². The number of carboxylic acid groups (broad SMARTS) is 3. The molecular weight excluding hydrogens is 1320 g/mol. The number of nitrogens with zero attached hydrogens (tertiary/aromatic N) is 3. The van der Waals surface area contributed by atoms with Gasteiger partial charge in [-0.2, -0.15) is 40.7 Å². The van der Waals surface area contributed by atoms with Gasteiger partial charge in [-0.05, 0) is 66.3 Å². The predicted molar refractivity (Wildman–Crippen MR) is 290 cm³/mol. The smallest absolute Gasteiger partial charge is 0.416 e. The third kappa shape index (κ3) is 29.3. The van der Waals surface area contributed by atoms with Crippen molar-refractivity contribution in [2.45, 2.75) is 31.2 Å². The molecule has 1 atom stereocenters. The summed E-state index contributed by atoms with van der Waals surface area (Å²) in [6.07, 6.45) is 1.27. The summed E-state index contributed by atoms with van der Waals surface area (Å²) in [6, 6.07) is 11.5. The summed E-state index contributed by atoms with van der Waals surface area (Å²) in [6.45, 7) is -6.47. The van der Waals surface area contributed by atoms with E-state index in [0.717, 1.165) is 42.5 Å². The highest BCUT2D eigenvalue weighted by Gasteiger charge is 2.32. The van der Waals surface area contributed by atoms with E-state index in [1.54, 1.807) is 5.32 Å². The number of esters is 2. The molecule has 2 amide bonds. The van der Waals surface area contributed by atoms with Crippen LogP contribution < -0.4 is 39.2 Å². The summed E-state index contributed by atoms with van der Waals surface area (Å²) in [5, 5.41) is 40.6. The average Bonchev–Trinajstić information content (AvgIpc) is 2.16. The molecule has 0 aliphatic heterocycles. The van der Waals surface area contributed by atoms with E-state index in [1.165, 1.54) is 43.0 Å². The highest BCUT2D eigenvalue weighted by atomic mass is 35.5. The van der Waals surface area contributed by atoms with Crippen LogP contribution in [0.5, 0.6) is 29.0 Å². The number of anilines is 1. The van der Waals surface area contributed by atoms with Gasteiger partial charge in [-0.3, -0.25) is 25.5 Å². The van der Waals surface area contributed by atoms with E-state index >= 15 is 0 Å². The van der Waals surface area contributed by atoms with Crippen LogP contribution in [0.1, 0.15) is 43.6 Å². The normalized spacial score (nSPS) is 11.4. The van der Waals surface area contributed by atoms with Gasteiger partial charge in [0, 0.05) is 12.1 Å². The van der Waals surface area contributed by atoms with E-state index < -0.39 is 142 Å². The summed E-state index contributed by atoms with van der Waals surface area (Å²) in [5.41, 5.74) is -2.92. The van der Waals surface area contributed by atoms with E-state index in [2.05, 4.69) is 42.9 Å². The van der Waals surface area contributed by atoms with Crippen molar-refractivity contribution >= 4 is 111 Å². The van der Waals surface area contributed by atoms with Gasteiger partial charge >= 0.3 is 55.3 Å². The zero-order valence-electron chi connectivity index (χ0n) is 44.5. The Bertz CT molecular complexity index is 3370. The van der Waals surface area contributed by atoms with Gasteiger partial charge in [-0.1, -0.05) is 46.9 Å². The number of carbonyl (C=O) groups is 6. The molecule has 0 aliphatic carbocycles. The minimum atomic E-state index is -4.71. The summed E-state index contributed by atoms with van der Waals surface area (Å²) in [7, 11) is -7.08. The minimum absolute atomic E-state index is 0.0493. The van der Waals surface area contributed by atoms with Crippen molar-refractivity contribution in [1.29, 1.82) is 0 Å². The number of methoxy groups -OCH3 is 1. The van der Waals surface area contributed by atoms with Crippen molar-refractivity contribution in [3.8, 4) is 29.0 Å². The number of alkyl halides is 7. The number of sulfonamides is 1. The molecule has 1 heterocycles. The van der Waals surface area contributed by atoms with Gasteiger partial charge in [0.2, 0.25) is 17.7 Å². The number of nitrogens with one attached hydrogen (secondary N) is 3. The van der Waals surface area contributed by atoms with Crippen LogP contribution >= 0.6 is 42.4 Å². The third-order valence-corrected chi connectivity index (χ3v) is 11.4. The molecule has 0 spiro atoms. The van der Waals surface area contributed by atoms with Gasteiger partial charge in [0.25, 0.3) is 15.7 Å². The van der Waals surface area contributed by atoms with E-state index in [9.17, 15) is 87.5 Å². The van der Waals surface area contributed by atoms with E-state index in [4.69, 9.17) is 69.2 Å². The van der Waals surface area contributed by atoms with Gasteiger partial charge in [0.1, 0.15) is 35.1 Å². The van der Waals surface area contributed by atoms with Crippen molar-refractivity contribution in [2.24, 2.45) is 0 Å². The van der Waals surface area contributed by atoms with Crippen LogP contribution in [-0.2, 0) is 50.7 Å². The second kappa shape index (κ2) is 36.2. The molecule has 41 heteroatoms. The summed E-state index contributed by atoms with van der Waals surface area (Å²) in [4.78, 5) is 101. The maximum atomic E-state index is 12.7. The second-order valence-corrected chi connectivity index (χ2v) is 22.5. The molecule has 0 radical (unpaired) electrons. The molecule has 1 unspecified atom stereocenters. The van der Waals surface area contributed by atoms with Crippen molar-refractivity contribution < 1.29 is 131 Å². The summed E-state index contributed by atoms with van der Waals surface area (Å²) < 4.78 is 151. The molecule has 7 N–H and O–H groups in total. The number of carbonyl (C=O) groups excluding carboxylic acids is 3. The number of aliphatic carboxylic acids is 1. The van der Waals surface area contributed by atoms with Crippen LogP contribution in [0, 0.1) is 10.1 Å². The first kappa shape index (κ1) is 77.0. The lowest BCUT2D eigenvalue weighted by atomic mass is 10.1.